The first-order valence-electron chi connectivity index (χ1n) is 6.27. The molecule has 2 N–H and O–H groups in total. The van der Waals surface area contributed by atoms with Gasteiger partial charge in [-0.05, 0) is 31.8 Å². The molecule has 0 saturated carbocycles. The van der Waals surface area contributed by atoms with Crippen molar-refractivity contribution in [2.24, 2.45) is 0 Å². The number of likely N-dealkylation sites (N-methyl/N-ethyl adjacent to an activating group) is 1. The minimum absolute atomic E-state index is 0.312. The molecule has 0 aliphatic heterocycles. The fourth-order valence-corrected chi connectivity index (χ4v) is 2.13. The van der Waals surface area contributed by atoms with E-state index in [1.165, 1.54) is 5.56 Å². The molecule has 0 spiro atoms. The first-order valence-corrected chi connectivity index (χ1v) is 6.65. The van der Waals surface area contributed by atoms with E-state index in [4.69, 9.17) is 11.6 Å². The molecule has 0 bridgehead atoms. The van der Waals surface area contributed by atoms with Crippen LogP contribution in [0.1, 0.15) is 17.4 Å². The van der Waals surface area contributed by atoms with E-state index in [0.717, 1.165) is 23.9 Å². The van der Waals surface area contributed by atoms with E-state index in [2.05, 4.69) is 46.4 Å². The van der Waals surface area contributed by atoms with Gasteiger partial charge in [-0.25, -0.2) is 4.98 Å². The summed E-state index contributed by atoms with van der Waals surface area (Å²) in [5.41, 5.74) is 1.25. The number of H-pyrrole nitrogens is 1. The van der Waals surface area contributed by atoms with Crippen LogP contribution in [0, 0.1) is 0 Å². The third kappa shape index (κ3) is 4.06. The Morgan fingerprint density at radius 2 is 2.05 bits per heavy atom. The number of hydrogen-bond acceptors (Lipinski definition) is 3. The van der Waals surface area contributed by atoms with E-state index in [1.54, 1.807) is 6.20 Å². The first-order chi connectivity index (χ1) is 9.16. The Kier molecular flexibility index (Phi) is 4.96. The molecule has 0 fully saturated rings. The molecule has 1 heterocycles. The van der Waals surface area contributed by atoms with Gasteiger partial charge in [0.2, 0.25) is 0 Å². The quantitative estimate of drug-likeness (QED) is 0.853. The molecule has 1 aromatic carbocycles. The molecule has 2 aromatic rings. The van der Waals surface area contributed by atoms with Gasteiger partial charge in [0.15, 0.2) is 0 Å². The summed E-state index contributed by atoms with van der Waals surface area (Å²) in [6.45, 7) is 1.60. The Morgan fingerprint density at radius 1 is 1.32 bits per heavy atom. The van der Waals surface area contributed by atoms with E-state index in [1.807, 2.05) is 18.3 Å². The van der Waals surface area contributed by atoms with Crippen LogP contribution in [0.3, 0.4) is 0 Å². The highest BCUT2D eigenvalue weighted by Gasteiger charge is 2.13. The zero-order chi connectivity index (χ0) is 13.7. The summed E-state index contributed by atoms with van der Waals surface area (Å²) >= 11 is 5.93. The van der Waals surface area contributed by atoms with Gasteiger partial charge in [0.1, 0.15) is 5.82 Å². The maximum Gasteiger partial charge on any atom is 0.120 e. The number of rotatable bonds is 6. The average molecular weight is 279 g/mol. The Morgan fingerprint density at radius 3 is 2.63 bits per heavy atom. The standard InChI is InChI=1S/C14H19ClN4/c1-19(2)13(11-3-5-12(15)6-4-11)9-16-10-14-17-7-8-18-14/h3-8,13,16H,9-10H2,1-2H3,(H,17,18)/t13-/m0/s1. The highest BCUT2D eigenvalue weighted by molar-refractivity contribution is 6.30. The summed E-state index contributed by atoms with van der Waals surface area (Å²) in [4.78, 5) is 9.47. The number of aromatic amines is 1. The third-order valence-electron chi connectivity index (χ3n) is 3.06. The lowest BCUT2D eigenvalue weighted by atomic mass is 10.1. The highest BCUT2D eigenvalue weighted by atomic mass is 35.5. The second kappa shape index (κ2) is 6.70. The van der Waals surface area contributed by atoms with Gasteiger partial charge >= 0.3 is 0 Å². The van der Waals surface area contributed by atoms with Crippen LogP contribution in [0.4, 0.5) is 0 Å². The molecule has 0 amide bonds. The monoisotopic (exact) mass is 278 g/mol. The van der Waals surface area contributed by atoms with Crippen molar-refractivity contribution >= 4 is 11.6 Å². The Balaban J connectivity index is 1.94. The molecule has 5 heteroatoms. The van der Waals surface area contributed by atoms with Gasteiger partial charge in [-0.3, -0.25) is 0 Å². The lowest BCUT2D eigenvalue weighted by Crippen LogP contribution is -2.31. The lowest BCUT2D eigenvalue weighted by Gasteiger charge is -2.25. The Bertz CT molecular complexity index is 479. The molecule has 1 atom stereocenters. The fraction of sp³-hybridized carbons (Fsp3) is 0.357. The molecular weight excluding hydrogens is 260 g/mol. The number of hydrogen-bond donors (Lipinski definition) is 2. The van der Waals surface area contributed by atoms with Crippen molar-refractivity contribution in [3.63, 3.8) is 0 Å². The highest BCUT2D eigenvalue weighted by Crippen LogP contribution is 2.19. The molecule has 2 rings (SSSR count). The first kappa shape index (κ1) is 14.1. The zero-order valence-corrected chi connectivity index (χ0v) is 12.0. The molecule has 1 aromatic heterocycles. The zero-order valence-electron chi connectivity index (χ0n) is 11.2. The van der Waals surface area contributed by atoms with Gasteiger partial charge < -0.3 is 15.2 Å². The van der Waals surface area contributed by atoms with Gasteiger partial charge in [0, 0.05) is 30.0 Å². The SMILES string of the molecule is CN(C)[C@@H](CNCc1ncc[nH]1)c1ccc(Cl)cc1. The van der Waals surface area contributed by atoms with E-state index in [-0.39, 0.29) is 0 Å². The lowest BCUT2D eigenvalue weighted by molar-refractivity contribution is 0.288. The predicted molar refractivity (Wildman–Crippen MR) is 78.2 cm³/mol. The van der Waals surface area contributed by atoms with Crippen molar-refractivity contribution in [3.05, 3.63) is 53.1 Å². The largest absolute Gasteiger partial charge is 0.348 e. The van der Waals surface area contributed by atoms with Crippen molar-refractivity contribution < 1.29 is 0 Å². The molecular formula is C14H19ClN4. The molecule has 0 saturated heterocycles. The summed E-state index contributed by atoms with van der Waals surface area (Å²) in [7, 11) is 4.15. The number of benzene rings is 1. The van der Waals surface area contributed by atoms with E-state index in [9.17, 15) is 0 Å². The van der Waals surface area contributed by atoms with Crippen LogP contribution in [-0.4, -0.2) is 35.5 Å². The number of nitrogens with zero attached hydrogens (tertiary/aromatic N) is 2. The minimum Gasteiger partial charge on any atom is -0.348 e. The summed E-state index contributed by atoms with van der Waals surface area (Å²) in [6.07, 6.45) is 3.60. The van der Waals surface area contributed by atoms with Crippen LogP contribution in [0.15, 0.2) is 36.7 Å². The van der Waals surface area contributed by atoms with Gasteiger partial charge in [-0.15, -0.1) is 0 Å². The number of imidazole rings is 1. The topological polar surface area (TPSA) is 44.0 Å². The van der Waals surface area contributed by atoms with Crippen molar-refractivity contribution in [2.45, 2.75) is 12.6 Å². The third-order valence-corrected chi connectivity index (χ3v) is 3.32. The maximum absolute atomic E-state index is 5.93. The number of halogens is 1. The number of nitrogens with one attached hydrogen (secondary N) is 2. The summed E-state index contributed by atoms with van der Waals surface area (Å²) in [5, 5.41) is 4.18. The van der Waals surface area contributed by atoms with Crippen molar-refractivity contribution in [1.29, 1.82) is 0 Å². The van der Waals surface area contributed by atoms with Crippen LogP contribution >= 0.6 is 11.6 Å². The summed E-state index contributed by atoms with van der Waals surface area (Å²) in [5.74, 6) is 0.952. The second-order valence-corrected chi connectivity index (χ2v) is 5.13. The van der Waals surface area contributed by atoms with E-state index >= 15 is 0 Å². The van der Waals surface area contributed by atoms with Crippen molar-refractivity contribution in [2.75, 3.05) is 20.6 Å². The fourth-order valence-electron chi connectivity index (χ4n) is 2.01. The van der Waals surface area contributed by atoms with Gasteiger partial charge in [-0.1, -0.05) is 23.7 Å². The maximum atomic E-state index is 5.93. The molecule has 0 unspecified atom stereocenters. The Hall–Kier alpha value is -1.36. The van der Waals surface area contributed by atoms with Crippen LogP contribution in [-0.2, 0) is 6.54 Å². The van der Waals surface area contributed by atoms with Crippen LogP contribution in [0.2, 0.25) is 5.02 Å². The van der Waals surface area contributed by atoms with Crippen molar-refractivity contribution in [1.82, 2.24) is 20.2 Å². The normalized spacial score (nSPS) is 12.8. The van der Waals surface area contributed by atoms with Gasteiger partial charge in [-0.2, -0.15) is 0 Å². The molecule has 0 aliphatic carbocycles. The van der Waals surface area contributed by atoms with Gasteiger partial charge in [0.05, 0.1) is 6.54 Å². The Labute approximate surface area is 118 Å². The smallest absolute Gasteiger partial charge is 0.120 e. The van der Waals surface area contributed by atoms with Gasteiger partial charge in [0.25, 0.3) is 0 Å². The summed E-state index contributed by atoms with van der Waals surface area (Å²) < 4.78 is 0. The van der Waals surface area contributed by atoms with Crippen LogP contribution in [0.5, 0.6) is 0 Å². The average Bonchev–Trinajstić information content (AvgIpc) is 2.89. The summed E-state index contributed by atoms with van der Waals surface area (Å²) in [6, 6.07) is 8.32. The molecule has 102 valence electrons. The second-order valence-electron chi connectivity index (χ2n) is 4.70. The van der Waals surface area contributed by atoms with E-state index in [0.29, 0.717) is 6.04 Å². The predicted octanol–water partition coefficient (Wildman–Crippen LogP) is 2.46. The molecule has 4 nitrogen and oxygen atoms in total. The van der Waals surface area contributed by atoms with Crippen LogP contribution in [0.25, 0.3) is 0 Å². The molecule has 0 radical (unpaired) electrons. The molecule has 19 heavy (non-hydrogen) atoms. The van der Waals surface area contributed by atoms with E-state index < -0.39 is 0 Å². The van der Waals surface area contributed by atoms with Crippen LogP contribution < -0.4 is 5.32 Å². The van der Waals surface area contributed by atoms with Crippen molar-refractivity contribution in [3.8, 4) is 0 Å². The minimum atomic E-state index is 0.312. The molecule has 0 aliphatic rings. The number of aromatic nitrogens is 2.